The van der Waals surface area contributed by atoms with Crippen LogP contribution in [0.5, 0.6) is 5.75 Å². The van der Waals surface area contributed by atoms with Crippen molar-refractivity contribution in [2.24, 2.45) is 0 Å². The van der Waals surface area contributed by atoms with Gasteiger partial charge in [-0.25, -0.2) is 9.97 Å². The molecule has 2 aliphatic rings. The van der Waals surface area contributed by atoms with Gasteiger partial charge in [-0.1, -0.05) is 13.8 Å². The zero-order chi connectivity index (χ0) is 26.3. The van der Waals surface area contributed by atoms with Gasteiger partial charge in [0.1, 0.15) is 23.7 Å². The van der Waals surface area contributed by atoms with E-state index in [0.717, 1.165) is 61.0 Å². The van der Waals surface area contributed by atoms with Crippen LogP contribution in [0.15, 0.2) is 30.6 Å². The van der Waals surface area contributed by atoms with Crippen molar-refractivity contribution in [3.8, 4) is 5.75 Å². The lowest BCUT2D eigenvalue weighted by Gasteiger charge is -2.25. The molecule has 0 amide bonds. The summed E-state index contributed by atoms with van der Waals surface area (Å²) in [6, 6.07) is 8.18. The zero-order valence-corrected chi connectivity index (χ0v) is 22.8. The fourth-order valence-electron chi connectivity index (χ4n) is 5.28. The molecule has 37 heavy (non-hydrogen) atoms. The van der Waals surface area contributed by atoms with Gasteiger partial charge in [-0.05, 0) is 51.1 Å². The molecule has 1 aliphatic heterocycles. The Balaban J connectivity index is 1.42. The molecule has 3 heterocycles. The van der Waals surface area contributed by atoms with E-state index in [1.807, 2.05) is 25.2 Å². The second-order valence-electron chi connectivity index (χ2n) is 11.0. The van der Waals surface area contributed by atoms with Crippen LogP contribution in [0, 0.1) is 0 Å². The van der Waals surface area contributed by atoms with Crippen molar-refractivity contribution in [3.63, 3.8) is 0 Å². The lowest BCUT2D eigenvalue weighted by molar-refractivity contribution is 0.413. The second-order valence-corrected chi connectivity index (χ2v) is 11.0. The van der Waals surface area contributed by atoms with Crippen molar-refractivity contribution >= 4 is 34.4 Å². The van der Waals surface area contributed by atoms with E-state index in [9.17, 15) is 0 Å². The number of nitrogens with zero attached hydrogens (tertiary/aromatic N) is 6. The maximum Gasteiger partial charge on any atom is 0.144 e. The van der Waals surface area contributed by atoms with Gasteiger partial charge in [0.25, 0.3) is 0 Å². The Hall–Kier alpha value is -3.59. The molecule has 0 radical (unpaired) electrons. The van der Waals surface area contributed by atoms with Crippen LogP contribution < -0.4 is 25.6 Å². The number of aryl methyl sites for hydroxylation is 2. The highest BCUT2D eigenvalue weighted by Crippen LogP contribution is 2.45. The molecule has 0 fully saturated rings. The molecule has 0 saturated heterocycles. The number of benzene rings is 1. The summed E-state index contributed by atoms with van der Waals surface area (Å²) in [6.07, 6.45) is 4.96. The van der Waals surface area contributed by atoms with E-state index < -0.39 is 0 Å². The average Bonchev–Trinajstić information content (AvgIpc) is 3.43. The molecular weight excluding hydrogens is 464 g/mol. The minimum absolute atomic E-state index is 0.0579. The lowest BCUT2D eigenvalue weighted by atomic mass is 9.91. The molecule has 9 heteroatoms. The van der Waals surface area contributed by atoms with Crippen molar-refractivity contribution in [2.75, 3.05) is 68.7 Å². The van der Waals surface area contributed by atoms with Gasteiger partial charge in [0.05, 0.1) is 35.6 Å². The SMILES string of the molecule is COc1cc(N(C)CCN(C)C)c(N)cc1Nc1cc(N2CC(C)(C)c3nc4c(cc32)CCC4)ncn1. The lowest BCUT2D eigenvalue weighted by Crippen LogP contribution is -2.29. The number of nitrogen functional groups attached to an aromatic ring is 1. The topological polar surface area (TPSA) is 95.7 Å². The largest absolute Gasteiger partial charge is 0.494 e. The van der Waals surface area contributed by atoms with E-state index in [0.29, 0.717) is 17.3 Å². The van der Waals surface area contributed by atoms with Gasteiger partial charge >= 0.3 is 0 Å². The average molecular weight is 503 g/mol. The van der Waals surface area contributed by atoms with E-state index in [1.54, 1.807) is 13.4 Å². The Morgan fingerprint density at radius 2 is 1.89 bits per heavy atom. The molecule has 0 spiro atoms. The third-order valence-electron chi connectivity index (χ3n) is 7.35. The first-order valence-corrected chi connectivity index (χ1v) is 12.9. The first-order chi connectivity index (χ1) is 17.7. The molecule has 9 nitrogen and oxygen atoms in total. The molecule has 0 saturated carbocycles. The first kappa shape index (κ1) is 25.1. The Bertz CT molecular complexity index is 1310. The summed E-state index contributed by atoms with van der Waals surface area (Å²) >= 11 is 0. The maximum atomic E-state index is 6.46. The molecule has 1 aliphatic carbocycles. The van der Waals surface area contributed by atoms with Gasteiger partial charge in [0.2, 0.25) is 0 Å². The predicted octanol–water partition coefficient (Wildman–Crippen LogP) is 4.12. The number of ether oxygens (including phenoxy) is 1. The number of anilines is 6. The quantitative estimate of drug-likeness (QED) is 0.441. The van der Waals surface area contributed by atoms with Crippen LogP contribution in [-0.2, 0) is 18.3 Å². The third kappa shape index (κ3) is 4.87. The summed E-state index contributed by atoms with van der Waals surface area (Å²) in [5.74, 6) is 2.22. The van der Waals surface area contributed by atoms with E-state index in [2.05, 4.69) is 64.0 Å². The molecule has 1 aromatic carbocycles. The number of fused-ring (bicyclic) bond motifs is 2. The van der Waals surface area contributed by atoms with Crippen LogP contribution in [0.2, 0.25) is 0 Å². The monoisotopic (exact) mass is 502 g/mol. The van der Waals surface area contributed by atoms with Crippen molar-refractivity contribution in [2.45, 2.75) is 38.5 Å². The Labute approximate surface area is 219 Å². The van der Waals surface area contributed by atoms with E-state index in [1.165, 1.54) is 17.7 Å². The van der Waals surface area contributed by atoms with Gasteiger partial charge in [-0.2, -0.15) is 0 Å². The van der Waals surface area contributed by atoms with Crippen molar-refractivity contribution in [3.05, 3.63) is 47.5 Å². The number of likely N-dealkylation sites (N-methyl/N-ethyl adjacent to an activating group) is 2. The molecule has 0 bridgehead atoms. The number of nitrogens with two attached hydrogens (primary N) is 1. The summed E-state index contributed by atoms with van der Waals surface area (Å²) in [5, 5.41) is 3.41. The Morgan fingerprint density at radius 1 is 1.08 bits per heavy atom. The van der Waals surface area contributed by atoms with Crippen LogP contribution in [-0.4, -0.2) is 67.7 Å². The van der Waals surface area contributed by atoms with Crippen LogP contribution >= 0.6 is 0 Å². The van der Waals surface area contributed by atoms with E-state index >= 15 is 0 Å². The summed E-state index contributed by atoms with van der Waals surface area (Å²) in [4.78, 5) is 20.8. The predicted molar refractivity (Wildman–Crippen MR) is 151 cm³/mol. The number of pyridine rings is 1. The number of hydrogen-bond donors (Lipinski definition) is 2. The molecule has 0 unspecified atom stereocenters. The maximum absolute atomic E-state index is 6.46. The number of methoxy groups -OCH3 is 1. The number of aromatic nitrogens is 3. The minimum atomic E-state index is -0.0579. The fourth-order valence-corrected chi connectivity index (χ4v) is 5.28. The van der Waals surface area contributed by atoms with Gasteiger partial charge in [0, 0.05) is 49.9 Å². The molecule has 0 atom stereocenters. The number of nitrogens with one attached hydrogen (secondary N) is 1. The highest BCUT2D eigenvalue weighted by atomic mass is 16.5. The highest BCUT2D eigenvalue weighted by molar-refractivity contribution is 5.80. The van der Waals surface area contributed by atoms with Crippen LogP contribution in [0.1, 0.15) is 37.2 Å². The number of rotatable bonds is 8. The number of hydrogen-bond acceptors (Lipinski definition) is 9. The van der Waals surface area contributed by atoms with Crippen LogP contribution in [0.3, 0.4) is 0 Å². The fraction of sp³-hybridized carbons (Fsp3) is 0.464. The molecule has 3 N–H and O–H groups in total. The zero-order valence-electron chi connectivity index (χ0n) is 22.8. The highest BCUT2D eigenvalue weighted by Gasteiger charge is 2.39. The molecule has 5 rings (SSSR count). The van der Waals surface area contributed by atoms with Gasteiger partial charge in [0.15, 0.2) is 0 Å². The summed E-state index contributed by atoms with van der Waals surface area (Å²) < 4.78 is 5.72. The molecular formula is C28H38N8O. The first-order valence-electron chi connectivity index (χ1n) is 12.9. The Morgan fingerprint density at radius 3 is 2.65 bits per heavy atom. The van der Waals surface area contributed by atoms with E-state index in [4.69, 9.17) is 15.5 Å². The summed E-state index contributed by atoms with van der Waals surface area (Å²) in [7, 11) is 7.83. The molecule has 2 aromatic heterocycles. The summed E-state index contributed by atoms with van der Waals surface area (Å²) in [5.41, 5.74) is 13.7. The second kappa shape index (κ2) is 9.70. The minimum Gasteiger partial charge on any atom is -0.494 e. The standard InChI is InChI=1S/C28H38N8O/c1-28(2)16-36(23-12-18-8-7-9-20(18)33-27(23)28)26-15-25(30-17-31-26)32-21-13-19(29)22(14-24(21)37-6)35(5)11-10-34(3)4/h12-15,17H,7-11,16,29H2,1-6H3,(H,30,31,32). The molecule has 196 valence electrons. The van der Waals surface area contributed by atoms with E-state index in [-0.39, 0.29) is 5.41 Å². The van der Waals surface area contributed by atoms with Crippen molar-refractivity contribution in [1.29, 1.82) is 0 Å². The van der Waals surface area contributed by atoms with Crippen molar-refractivity contribution in [1.82, 2.24) is 19.9 Å². The molecule has 3 aromatic rings. The third-order valence-corrected chi connectivity index (χ3v) is 7.35. The van der Waals surface area contributed by atoms with Crippen LogP contribution in [0.4, 0.5) is 34.4 Å². The van der Waals surface area contributed by atoms with Gasteiger partial charge < -0.3 is 30.5 Å². The summed E-state index contributed by atoms with van der Waals surface area (Å²) in [6.45, 7) is 7.11. The Kier molecular flexibility index (Phi) is 6.58. The van der Waals surface area contributed by atoms with Crippen molar-refractivity contribution < 1.29 is 4.74 Å². The smallest absolute Gasteiger partial charge is 0.144 e. The normalized spacial score (nSPS) is 15.6. The van der Waals surface area contributed by atoms with Crippen LogP contribution in [0.25, 0.3) is 0 Å². The van der Waals surface area contributed by atoms with Gasteiger partial charge in [-0.15, -0.1) is 0 Å². The van der Waals surface area contributed by atoms with Gasteiger partial charge in [-0.3, -0.25) is 4.98 Å².